The van der Waals surface area contributed by atoms with Crippen molar-refractivity contribution in [3.63, 3.8) is 0 Å². The molecular weight excluding hydrogens is 285 g/mol. The highest BCUT2D eigenvalue weighted by atomic mass is 35.5. The molecular formula is C14H15ClFNO3. The van der Waals surface area contributed by atoms with Crippen LogP contribution in [0.1, 0.15) is 31.4 Å². The Kier molecular flexibility index (Phi) is 4.28. The van der Waals surface area contributed by atoms with E-state index >= 15 is 0 Å². The van der Waals surface area contributed by atoms with E-state index in [1.807, 2.05) is 0 Å². The molecule has 1 aromatic carbocycles. The smallest absolute Gasteiger partial charge is 0.308 e. The molecule has 0 spiro atoms. The first-order valence-corrected chi connectivity index (χ1v) is 6.80. The van der Waals surface area contributed by atoms with E-state index in [9.17, 15) is 19.1 Å². The number of aliphatic carboxylic acids is 1. The molecule has 0 aliphatic carbocycles. The molecule has 1 heterocycles. The van der Waals surface area contributed by atoms with Gasteiger partial charge in [-0.15, -0.1) is 0 Å². The molecule has 1 aromatic rings. The van der Waals surface area contributed by atoms with Gasteiger partial charge in [-0.1, -0.05) is 11.6 Å². The van der Waals surface area contributed by atoms with Gasteiger partial charge in [-0.25, -0.2) is 4.39 Å². The minimum Gasteiger partial charge on any atom is -0.481 e. The minimum absolute atomic E-state index is 0.158. The highest BCUT2D eigenvalue weighted by molar-refractivity contribution is 6.30. The van der Waals surface area contributed by atoms with Gasteiger partial charge in [-0.3, -0.25) is 9.59 Å². The summed E-state index contributed by atoms with van der Waals surface area (Å²) in [6.45, 7) is 2.08. The van der Waals surface area contributed by atoms with Gasteiger partial charge >= 0.3 is 5.97 Å². The minimum atomic E-state index is -1.03. The molecule has 108 valence electrons. The molecule has 1 aliphatic rings. The first kappa shape index (κ1) is 14.8. The average molecular weight is 300 g/mol. The summed E-state index contributed by atoms with van der Waals surface area (Å²) >= 11 is 5.87. The van der Waals surface area contributed by atoms with Crippen LogP contribution >= 0.6 is 11.6 Å². The van der Waals surface area contributed by atoms with Gasteiger partial charge in [-0.05, 0) is 31.5 Å². The second-order valence-electron chi connectivity index (χ2n) is 4.77. The summed E-state index contributed by atoms with van der Waals surface area (Å²) in [6, 6.07) is 3.19. The maximum Gasteiger partial charge on any atom is 0.308 e. The Morgan fingerprint density at radius 3 is 2.85 bits per heavy atom. The van der Waals surface area contributed by atoms with Crippen molar-refractivity contribution in [2.24, 2.45) is 5.92 Å². The number of hydrogen-bond donors (Lipinski definition) is 1. The molecule has 1 fully saturated rings. The summed E-state index contributed by atoms with van der Waals surface area (Å²) in [7, 11) is 0. The molecule has 0 aromatic heterocycles. The van der Waals surface area contributed by atoms with Crippen LogP contribution in [-0.2, 0) is 9.59 Å². The second-order valence-corrected chi connectivity index (χ2v) is 5.21. The number of amides is 1. The molecule has 1 aliphatic heterocycles. The van der Waals surface area contributed by atoms with Crippen LogP contribution in [0.4, 0.5) is 4.39 Å². The van der Waals surface area contributed by atoms with E-state index in [0.717, 1.165) is 0 Å². The Labute approximate surface area is 121 Å². The molecule has 2 rings (SSSR count). The number of carbonyl (C=O) groups excluding carboxylic acids is 1. The summed E-state index contributed by atoms with van der Waals surface area (Å²) < 4.78 is 14.0. The fourth-order valence-electron chi connectivity index (χ4n) is 2.71. The Morgan fingerprint density at radius 2 is 2.25 bits per heavy atom. The zero-order valence-corrected chi connectivity index (χ0v) is 11.7. The van der Waals surface area contributed by atoms with Crippen molar-refractivity contribution in [3.8, 4) is 0 Å². The van der Waals surface area contributed by atoms with E-state index in [4.69, 9.17) is 11.6 Å². The van der Waals surface area contributed by atoms with Gasteiger partial charge in [-0.2, -0.15) is 0 Å². The third-order valence-electron chi connectivity index (χ3n) is 3.64. The van der Waals surface area contributed by atoms with Crippen LogP contribution in [0, 0.1) is 11.7 Å². The summed E-state index contributed by atoms with van der Waals surface area (Å²) in [5, 5.41) is 9.66. The largest absolute Gasteiger partial charge is 0.481 e. The number of rotatable bonds is 3. The molecule has 4 nitrogen and oxygen atoms in total. The highest BCUT2D eigenvalue weighted by Crippen LogP contribution is 2.38. The number of likely N-dealkylation sites (tertiary alicyclic amines) is 1. The Hall–Kier alpha value is -1.62. The van der Waals surface area contributed by atoms with Crippen molar-refractivity contribution in [1.82, 2.24) is 4.90 Å². The Balaban J connectivity index is 2.52. The van der Waals surface area contributed by atoms with E-state index in [2.05, 4.69) is 0 Å². The lowest BCUT2D eigenvalue weighted by Crippen LogP contribution is -2.45. The quantitative estimate of drug-likeness (QED) is 0.933. The van der Waals surface area contributed by atoms with Crippen LogP contribution in [0.25, 0.3) is 0 Å². The fraction of sp³-hybridized carbons (Fsp3) is 0.429. The normalized spacial score (nSPS) is 22.9. The predicted octanol–water partition coefficient (Wildman–Crippen LogP) is 2.86. The van der Waals surface area contributed by atoms with Crippen LogP contribution in [0.2, 0.25) is 5.02 Å². The van der Waals surface area contributed by atoms with Crippen LogP contribution in [0.15, 0.2) is 18.2 Å². The van der Waals surface area contributed by atoms with Crippen molar-refractivity contribution in [2.75, 3.05) is 6.54 Å². The molecule has 2 atom stereocenters. The lowest BCUT2D eigenvalue weighted by Gasteiger charge is -2.39. The van der Waals surface area contributed by atoms with E-state index in [0.29, 0.717) is 11.6 Å². The number of carboxylic acids is 1. The average Bonchev–Trinajstić information content (AvgIpc) is 2.40. The van der Waals surface area contributed by atoms with Gasteiger partial charge in [0, 0.05) is 23.6 Å². The van der Waals surface area contributed by atoms with Crippen molar-refractivity contribution in [1.29, 1.82) is 0 Å². The van der Waals surface area contributed by atoms with E-state index in [1.54, 1.807) is 6.92 Å². The van der Waals surface area contributed by atoms with Crippen molar-refractivity contribution in [3.05, 3.63) is 34.6 Å². The van der Waals surface area contributed by atoms with Crippen molar-refractivity contribution < 1.29 is 19.1 Å². The number of halogens is 2. The van der Waals surface area contributed by atoms with Crippen molar-refractivity contribution in [2.45, 2.75) is 25.8 Å². The van der Waals surface area contributed by atoms with E-state index in [1.165, 1.54) is 23.1 Å². The predicted molar refractivity (Wildman–Crippen MR) is 71.9 cm³/mol. The van der Waals surface area contributed by atoms with Gasteiger partial charge in [0.2, 0.25) is 5.91 Å². The van der Waals surface area contributed by atoms with Crippen LogP contribution in [-0.4, -0.2) is 28.4 Å². The number of piperidine rings is 1. The fourth-order valence-corrected chi connectivity index (χ4v) is 2.89. The standard InChI is InChI=1S/C14H15ClFNO3/c1-2-17-12(18)6-4-9(14(19)20)13(17)10-7-8(15)3-5-11(10)16/h3,5,7,9,13H,2,4,6H2,1H3,(H,19,20). The maximum atomic E-state index is 14.0. The first-order chi connectivity index (χ1) is 9.45. The first-order valence-electron chi connectivity index (χ1n) is 6.43. The number of hydrogen-bond acceptors (Lipinski definition) is 2. The topological polar surface area (TPSA) is 57.6 Å². The van der Waals surface area contributed by atoms with Crippen LogP contribution in [0.5, 0.6) is 0 Å². The lowest BCUT2D eigenvalue weighted by atomic mass is 9.84. The highest BCUT2D eigenvalue weighted by Gasteiger charge is 2.41. The zero-order valence-electron chi connectivity index (χ0n) is 11.0. The second kappa shape index (κ2) is 5.79. The van der Waals surface area contributed by atoms with Gasteiger partial charge < -0.3 is 10.0 Å². The van der Waals surface area contributed by atoms with Crippen LogP contribution in [0.3, 0.4) is 0 Å². The SMILES string of the molecule is CCN1C(=O)CCC(C(=O)O)C1c1cc(Cl)ccc1F. The van der Waals surface area contributed by atoms with E-state index in [-0.39, 0.29) is 24.3 Å². The Morgan fingerprint density at radius 1 is 1.55 bits per heavy atom. The van der Waals surface area contributed by atoms with Gasteiger partial charge in [0.15, 0.2) is 0 Å². The van der Waals surface area contributed by atoms with Gasteiger partial charge in [0.1, 0.15) is 5.82 Å². The summed E-state index contributed by atoms with van der Waals surface area (Å²) in [5.74, 6) is -2.55. The summed E-state index contributed by atoms with van der Waals surface area (Å²) in [4.78, 5) is 24.8. The van der Waals surface area contributed by atoms with Gasteiger partial charge in [0.05, 0.1) is 12.0 Å². The number of carbonyl (C=O) groups is 2. The molecule has 20 heavy (non-hydrogen) atoms. The van der Waals surface area contributed by atoms with Crippen LogP contribution < -0.4 is 0 Å². The molecule has 0 saturated carbocycles. The number of benzene rings is 1. The summed E-state index contributed by atoms with van der Waals surface area (Å²) in [5.41, 5.74) is 0.166. The third kappa shape index (κ3) is 2.63. The molecule has 0 radical (unpaired) electrons. The monoisotopic (exact) mass is 299 g/mol. The number of carboxylic acid groups (broad SMARTS) is 1. The molecule has 2 unspecified atom stereocenters. The zero-order chi connectivity index (χ0) is 14.9. The molecule has 0 bridgehead atoms. The molecule has 1 N–H and O–H groups in total. The third-order valence-corrected chi connectivity index (χ3v) is 3.88. The molecule has 6 heteroatoms. The lowest BCUT2D eigenvalue weighted by molar-refractivity contribution is -0.151. The summed E-state index contributed by atoms with van der Waals surface area (Å²) in [6.07, 6.45) is 0.380. The number of nitrogens with zero attached hydrogens (tertiary/aromatic N) is 1. The molecule has 1 saturated heterocycles. The van der Waals surface area contributed by atoms with E-state index < -0.39 is 23.7 Å². The van der Waals surface area contributed by atoms with Crippen molar-refractivity contribution >= 4 is 23.5 Å². The molecule has 1 amide bonds. The maximum absolute atomic E-state index is 14.0. The Bertz CT molecular complexity index is 547. The van der Waals surface area contributed by atoms with Gasteiger partial charge in [0.25, 0.3) is 0 Å².